The number of morpholine rings is 1. The van der Waals surface area contributed by atoms with E-state index in [0.29, 0.717) is 13.2 Å². The number of carbonyl (C=O) groups excluding carboxylic acids is 1. The first kappa shape index (κ1) is 12.5. The highest BCUT2D eigenvalue weighted by atomic mass is 16.6. The first-order valence-corrected chi connectivity index (χ1v) is 5.47. The number of ether oxygens (including phenoxy) is 2. The van der Waals surface area contributed by atoms with E-state index in [1.165, 1.54) is 0 Å². The largest absolute Gasteiger partial charge is 0.461 e. The summed E-state index contributed by atoms with van der Waals surface area (Å²) in [6, 6.07) is 0.254. The molecule has 1 aliphatic rings. The van der Waals surface area contributed by atoms with E-state index in [2.05, 4.69) is 32.6 Å². The van der Waals surface area contributed by atoms with E-state index in [9.17, 15) is 4.79 Å². The maximum Gasteiger partial charge on any atom is 0.350 e. The van der Waals surface area contributed by atoms with Crippen LogP contribution < -0.4 is 0 Å². The highest BCUT2D eigenvalue weighted by molar-refractivity contribution is 5.75. The van der Waals surface area contributed by atoms with Crippen molar-refractivity contribution in [2.45, 2.75) is 52.4 Å². The summed E-state index contributed by atoms with van der Waals surface area (Å²) in [5.41, 5.74) is -0.165. The minimum Gasteiger partial charge on any atom is -0.461 e. The van der Waals surface area contributed by atoms with E-state index >= 15 is 0 Å². The Hall–Kier alpha value is -0.610. The summed E-state index contributed by atoms with van der Waals surface area (Å²) < 4.78 is 10.6. The lowest BCUT2D eigenvalue weighted by Gasteiger charge is -2.47. The summed E-state index contributed by atoms with van der Waals surface area (Å²) in [5, 5.41) is 0. The van der Waals surface area contributed by atoms with Gasteiger partial charge in [-0.2, -0.15) is 0 Å². The van der Waals surface area contributed by atoms with E-state index in [1.807, 2.05) is 6.92 Å². The van der Waals surface area contributed by atoms with Crippen LogP contribution in [0.15, 0.2) is 0 Å². The minimum atomic E-state index is -0.557. The zero-order chi connectivity index (χ0) is 11.6. The van der Waals surface area contributed by atoms with E-state index in [4.69, 9.17) is 9.47 Å². The van der Waals surface area contributed by atoms with Crippen LogP contribution in [0.5, 0.6) is 0 Å². The van der Waals surface area contributed by atoms with Gasteiger partial charge in [-0.15, -0.1) is 0 Å². The Bertz CT molecular complexity index is 238. The van der Waals surface area contributed by atoms with Crippen LogP contribution in [0.25, 0.3) is 0 Å². The molecule has 0 aromatic heterocycles. The Morgan fingerprint density at radius 3 is 2.67 bits per heavy atom. The molecule has 15 heavy (non-hydrogen) atoms. The van der Waals surface area contributed by atoms with Crippen LogP contribution in [-0.4, -0.2) is 41.9 Å². The summed E-state index contributed by atoms with van der Waals surface area (Å²) in [7, 11) is 0. The standard InChI is InChI=1S/C11H21NO3/c1-6-14-9-10(13)15-7-11(4,5)12(9)8(2)3/h8-9H,6-7H2,1-5H3. The molecule has 0 aromatic rings. The third kappa shape index (κ3) is 2.49. The summed E-state index contributed by atoms with van der Waals surface area (Å²) >= 11 is 0. The fraction of sp³-hybridized carbons (Fsp3) is 0.909. The van der Waals surface area contributed by atoms with E-state index in [1.54, 1.807) is 0 Å². The van der Waals surface area contributed by atoms with E-state index < -0.39 is 6.23 Å². The number of nitrogens with zero attached hydrogens (tertiary/aromatic N) is 1. The summed E-state index contributed by atoms with van der Waals surface area (Å²) in [5.74, 6) is -0.273. The first-order chi connectivity index (χ1) is 6.90. The molecule has 0 radical (unpaired) electrons. The van der Waals surface area contributed by atoms with E-state index in [-0.39, 0.29) is 17.6 Å². The van der Waals surface area contributed by atoms with Gasteiger partial charge in [0.1, 0.15) is 6.61 Å². The van der Waals surface area contributed by atoms with Gasteiger partial charge in [-0.1, -0.05) is 0 Å². The molecule has 0 saturated carbocycles. The van der Waals surface area contributed by atoms with Gasteiger partial charge in [0, 0.05) is 12.6 Å². The average Bonchev–Trinajstić information content (AvgIpc) is 2.11. The maximum atomic E-state index is 11.6. The normalized spacial score (nSPS) is 26.8. The van der Waals surface area contributed by atoms with Gasteiger partial charge in [-0.3, -0.25) is 4.90 Å². The van der Waals surface area contributed by atoms with Crippen LogP contribution in [0.3, 0.4) is 0 Å². The van der Waals surface area contributed by atoms with Gasteiger partial charge in [0.05, 0.1) is 5.54 Å². The van der Waals surface area contributed by atoms with Crippen LogP contribution >= 0.6 is 0 Å². The molecule has 0 aromatic carbocycles. The first-order valence-electron chi connectivity index (χ1n) is 5.47. The predicted octanol–water partition coefficient (Wildman–Crippen LogP) is 1.39. The van der Waals surface area contributed by atoms with Crippen LogP contribution in [0, 0.1) is 0 Å². The molecule has 1 unspecified atom stereocenters. The molecule has 1 saturated heterocycles. The Kier molecular flexibility index (Phi) is 3.73. The molecule has 0 bridgehead atoms. The number of hydrogen-bond donors (Lipinski definition) is 0. The van der Waals surface area contributed by atoms with Crippen molar-refractivity contribution in [2.75, 3.05) is 13.2 Å². The smallest absolute Gasteiger partial charge is 0.350 e. The van der Waals surface area contributed by atoms with Gasteiger partial charge in [-0.05, 0) is 34.6 Å². The predicted molar refractivity (Wildman–Crippen MR) is 57.4 cm³/mol. The van der Waals surface area contributed by atoms with Gasteiger partial charge in [0.2, 0.25) is 6.23 Å². The van der Waals surface area contributed by atoms with Crippen LogP contribution in [-0.2, 0) is 14.3 Å². The average molecular weight is 215 g/mol. The fourth-order valence-electron chi connectivity index (χ4n) is 2.10. The van der Waals surface area contributed by atoms with Crippen molar-refractivity contribution >= 4 is 5.97 Å². The van der Waals surface area contributed by atoms with E-state index in [0.717, 1.165) is 0 Å². The quantitative estimate of drug-likeness (QED) is 0.667. The van der Waals surface area contributed by atoms with Crippen LogP contribution in [0.1, 0.15) is 34.6 Å². The van der Waals surface area contributed by atoms with Crippen molar-refractivity contribution in [3.05, 3.63) is 0 Å². The van der Waals surface area contributed by atoms with Crippen molar-refractivity contribution in [2.24, 2.45) is 0 Å². The molecular formula is C11H21NO3. The van der Waals surface area contributed by atoms with Gasteiger partial charge in [0.25, 0.3) is 0 Å². The SMILES string of the molecule is CCOC1C(=O)OCC(C)(C)N1C(C)C. The Morgan fingerprint density at radius 2 is 2.20 bits per heavy atom. The molecule has 1 rings (SSSR count). The topological polar surface area (TPSA) is 38.8 Å². The molecule has 4 heteroatoms. The zero-order valence-corrected chi connectivity index (χ0v) is 10.2. The lowest BCUT2D eigenvalue weighted by Crippen LogP contribution is -2.63. The molecule has 1 aliphatic heterocycles. The molecule has 0 spiro atoms. The van der Waals surface area contributed by atoms with Crippen molar-refractivity contribution in [3.63, 3.8) is 0 Å². The minimum absolute atomic E-state index is 0.165. The lowest BCUT2D eigenvalue weighted by molar-refractivity contribution is -0.208. The monoisotopic (exact) mass is 215 g/mol. The molecule has 1 atom stereocenters. The molecule has 0 amide bonds. The van der Waals surface area contributed by atoms with Gasteiger partial charge < -0.3 is 9.47 Å². The molecule has 1 fully saturated rings. The molecular weight excluding hydrogens is 194 g/mol. The van der Waals surface area contributed by atoms with Crippen molar-refractivity contribution in [1.29, 1.82) is 0 Å². The molecule has 88 valence electrons. The van der Waals surface area contributed by atoms with Gasteiger partial charge in [-0.25, -0.2) is 4.79 Å². The van der Waals surface area contributed by atoms with Gasteiger partial charge >= 0.3 is 5.97 Å². The Morgan fingerprint density at radius 1 is 1.60 bits per heavy atom. The Balaban J connectivity index is 2.90. The highest BCUT2D eigenvalue weighted by Gasteiger charge is 2.44. The summed E-state index contributed by atoms with van der Waals surface area (Å²) in [6.07, 6.45) is -0.557. The number of carbonyl (C=O) groups is 1. The fourth-order valence-corrected chi connectivity index (χ4v) is 2.10. The van der Waals surface area contributed by atoms with Gasteiger partial charge in [0.15, 0.2) is 0 Å². The Labute approximate surface area is 91.5 Å². The molecule has 0 N–H and O–H groups in total. The molecule has 0 aliphatic carbocycles. The van der Waals surface area contributed by atoms with Crippen molar-refractivity contribution in [1.82, 2.24) is 4.90 Å². The maximum absolute atomic E-state index is 11.6. The van der Waals surface area contributed by atoms with Crippen LogP contribution in [0.2, 0.25) is 0 Å². The second kappa shape index (κ2) is 4.49. The third-order valence-corrected chi connectivity index (χ3v) is 2.60. The summed E-state index contributed by atoms with van der Waals surface area (Å²) in [6.45, 7) is 11.1. The second-order valence-corrected chi connectivity index (χ2v) is 4.73. The zero-order valence-electron chi connectivity index (χ0n) is 10.2. The summed E-state index contributed by atoms with van der Waals surface area (Å²) in [4.78, 5) is 13.7. The number of cyclic esters (lactones) is 1. The van der Waals surface area contributed by atoms with Crippen molar-refractivity contribution in [3.8, 4) is 0 Å². The molecule has 4 nitrogen and oxygen atoms in total. The highest BCUT2D eigenvalue weighted by Crippen LogP contribution is 2.27. The third-order valence-electron chi connectivity index (χ3n) is 2.60. The number of rotatable bonds is 3. The van der Waals surface area contributed by atoms with Crippen LogP contribution in [0.4, 0.5) is 0 Å². The molecule has 1 heterocycles. The second-order valence-electron chi connectivity index (χ2n) is 4.73. The number of esters is 1. The number of hydrogen-bond acceptors (Lipinski definition) is 4. The lowest BCUT2D eigenvalue weighted by atomic mass is 9.99. The van der Waals surface area contributed by atoms with Crippen molar-refractivity contribution < 1.29 is 14.3 Å².